The maximum absolute atomic E-state index is 12.1. The van der Waals surface area contributed by atoms with Crippen LogP contribution in [-0.2, 0) is 4.79 Å². The molecule has 96 valence electrons. The Kier molecular flexibility index (Phi) is 2.69. The van der Waals surface area contributed by atoms with Gasteiger partial charge in [0.1, 0.15) is 0 Å². The number of carbonyl (C=O) groups is 1. The molecule has 1 spiro atoms. The highest BCUT2D eigenvalue weighted by Gasteiger charge is 2.57. The molecule has 2 saturated carbocycles. The molecule has 0 aromatic heterocycles. The van der Waals surface area contributed by atoms with Gasteiger partial charge >= 0.3 is 0 Å². The topological polar surface area (TPSA) is 41.1 Å². The van der Waals surface area contributed by atoms with E-state index in [2.05, 4.69) is 17.6 Å². The average Bonchev–Trinajstić information content (AvgIpc) is 3.25. The van der Waals surface area contributed by atoms with E-state index < -0.39 is 0 Å². The van der Waals surface area contributed by atoms with Gasteiger partial charge in [0, 0.05) is 12.5 Å². The molecule has 3 aliphatic rings. The molecule has 1 aliphatic heterocycles. The summed E-state index contributed by atoms with van der Waals surface area (Å²) >= 11 is 0. The van der Waals surface area contributed by atoms with E-state index in [4.69, 9.17) is 0 Å². The van der Waals surface area contributed by atoms with Crippen molar-refractivity contribution in [3.05, 3.63) is 0 Å². The lowest BCUT2D eigenvalue weighted by molar-refractivity contribution is -0.123. The maximum Gasteiger partial charge on any atom is 0.223 e. The van der Waals surface area contributed by atoms with Gasteiger partial charge in [-0.2, -0.15) is 0 Å². The Morgan fingerprint density at radius 3 is 2.59 bits per heavy atom. The van der Waals surface area contributed by atoms with Crippen LogP contribution in [-0.4, -0.2) is 25.5 Å². The molecule has 1 saturated heterocycles. The molecule has 3 heteroatoms. The number of carbonyl (C=O) groups excluding carboxylic acids is 1. The third-order valence-corrected chi connectivity index (χ3v) is 5.45. The number of amides is 1. The van der Waals surface area contributed by atoms with E-state index in [1.54, 1.807) is 0 Å². The zero-order valence-corrected chi connectivity index (χ0v) is 10.8. The van der Waals surface area contributed by atoms with Crippen LogP contribution in [0.1, 0.15) is 45.4 Å². The van der Waals surface area contributed by atoms with Crippen molar-refractivity contribution in [3.8, 4) is 0 Å². The van der Waals surface area contributed by atoms with E-state index in [1.807, 2.05) is 0 Å². The molecule has 2 N–H and O–H groups in total. The number of piperidine rings is 1. The first-order valence-corrected chi connectivity index (χ1v) is 7.18. The number of rotatable bonds is 4. The Bertz CT molecular complexity index is 316. The Morgan fingerprint density at radius 1 is 1.29 bits per heavy atom. The minimum Gasteiger partial charge on any atom is -0.355 e. The molecular weight excluding hydrogens is 212 g/mol. The van der Waals surface area contributed by atoms with E-state index in [0.717, 1.165) is 26.1 Å². The highest BCUT2D eigenvalue weighted by molar-refractivity contribution is 5.82. The summed E-state index contributed by atoms with van der Waals surface area (Å²) in [5.41, 5.74) is 0.865. The monoisotopic (exact) mass is 236 g/mol. The summed E-state index contributed by atoms with van der Waals surface area (Å²) in [4.78, 5) is 12.1. The van der Waals surface area contributed by atoms with E-state index >= 15 is 0 Å². The zero-order chi connectivity index (χ0) is 11.9. The van der Waals surface area contributed by atoms with Crippen LogP contribution in [0.3, 0.4) is 0 Å². The smallest absolute Gasteiger partial charge is 0.223 e. The number of hydrogen-bond donors (Lipinski definition) is 2. The van der Waals surface area contributed by atoms with Gasteiger partial charge in [-0.05, 0) is 62.4 Å². The second kappa shape index (κ2) is 3.98. The van der Waals surface area contributed by atoms with Crippen molar-refractivity contribution in [2.75, 3.05) is 19.6 Å². The van der Waals surface area contributed by atoms with Gasteiger partial charge in [-0.25, -0.2) is 0 Å². The molecule has 1 atom stereocenters. The van der Waals surface area contributed by atoms with Crippen molar-refractivity contribution in [2.24, 2.45) is 16.7 Å². The first kappa shape index (κ1) is 11.5. The summed E-state index contributed by atoms with van der Waals surface area (Å²) in [6, 6.07) is 0. The summed E-state index contributed by atoms with van der Waals surface area (Å²) in [5.74, 6) is 0.670. The fourth-order valence-corrected chi connectivity index (χ4v) is 3.43. The van der Waals surface area contributed by atoms with Crippen LogP contribution in [0.2, 0.25) is 0 Å². The molecule has 1 unspecified atom stereocenters. The lowest BCUT2D eigenvalue weighted by Gasteiger charge is -2.23. The summed E-state index contributed by atoms with van der Waals surface area (Å²) in [7, 11) is 0. The normalized spacial score (nSPS) is 32.2. The largest absolute Gasteiger partial charge is 0.355 e. The Balaban J connectivity index is 1.48. The second-order valence-corrected chi connectivity index (χ2v) is 6.44. The number of nitrogens with one attached hydrogen (secondary N) is 2. The average molecular weight is 236 g/mol. The third-order valence-electron chi connectivity index (χ3n) is 5.45. The minimum atomic E-state index is 0.331. The lowest BCUT2D eigenvalue weighted by atomic mass is 9.91. The van der Waals surface area contributed by atoms with Crippen LogP contribution in [0.4, 0.5) is 0 Å². The van der Waals surface area contributed by atoms with Gasteiger partial charge < -0.3 is 10.6 Å². The highest BCUT2D eigenvalue weighted by atomic mass is 16.2. The minimum absolute atomic E-state index is 0.331. The summed E-state index contributed by atoms with van der Waals surface area (Å²) < 4.78 is 0. The molecule has 3 fully saturated rings. The molecule has 0 bridgehead atoms. The van der Waals surface area contributed by atoms with Gasteiger partial charge in [0.25, 0.3) is 0 Å². The predicted molar refractivity (Wildman–Crippen MR) is 67.6 cm³/mol. The molecular formula is C14H24N2O. The van der Waals surface area contributed by atoms with E-state index in [9.17, 15) is 4.79 Å². The second-order valence-electron chi connectivity index (χ2n) is 6.44. The van der Waals surface area contributed by atoms with Gasteiger partial charge in [-0.15, -0.1) is 0 Å². The Hall–Kier alpha value is -0.570. The molecule has 3 nitrogen and oxygen atoms in total. The van der Waals surface area contributed by atoms with Crippen molar-refractivity contribution in [2.45, 2.75) is 45.4 Å². The van der Waals surface area contributed by atoms with Crippen LogP contribution in [0, 0.1) is 16.7 Å². The molecule has 1 amide bonds. The first-order chi connectivity index (χ1) is 8.20. The molecule has 0 aromatic rings. The Morgan fingerprint density at radius 2 is 2.00 bits per heavy atom. The summed E-state index contributed by atoms with van der Waals surface area (Å²) in [5, 5.41) is 6.59. The quantitative estimate of drug-likeness (QED) is 0.780. The first-order valence-electron chi connectivity index (χ1n) is 7.18. The van der Waals surface area contributed by atoms with Gasteiger partial charge in [-0.1, -0.05) is 6.92 Å². The molecule has 3 rings (SSSR count). The van der Waals surface area contributed by atoms with Gasteiger partial charge in [0.05, 0.1) is 0 Å². The highest BCUT2D eigenvalue weighted by Crippen LogP contribution is 2.58. The van der Waals surface area contributed by atoms with Crippen LogP contribution >= 0.6 is 0 Å². The van der Waals surface area contributed by atoms with Gasteiger partial charge in [0.15, 0.2) is 0 Å². The fraction of sp³-hybridized carbons (Fsp3) is 0.929. The predicted octanol–water partition coefficient (Wildman–Crippen LogP) is 1.68. The van der Waals surface area contributed by atoms with Crippen molar-refractivity contribution in [3.63, 3.8) is 0 Å². The maximum atomic E-state index is 12.1. The van der Waals surface area contributed by atoms with Crippen molar-refractivity contribution in [1.29, 1.82) is 0 Å². The number of hydrogen-bond acceptors (Lipinski definition) is 2. The fourth-order valence-electron chi connectivity index (χ4n) is 3.43. The van der Waals surface area contributed by atoms with Gasteiger partial charge in [-0.3, -0.25) is 4.79 Å². The van der Waals surface area contributed by atoms with Crippen LogP contribution < -0.4 is 10.6 Å². The van der Waals surface area contributed by atoms with Crippen molar-refractivity contribution >= 4 is 5.91 Å². The molecule has 17 heavy (non-hydrogen) atoms. The Labute approximate surface area is 104 Å². The van der Waals surface area contributed by atoms with E-state index in [-0.39, 0.29) is 0 Å². The van der Waals surface area contributed by atoms with Crippen LogP contribution in [0.25, 0.3) is 0 Å². The lowest BCUT2D eigenvalue weighted by Crippen LogP contribution is -2.35. The van der Waals surface area contributed by atoms with Gasteiger partial charge in [0.2, 0.25) is 5.91 Å². The molecule has 0 radical (unpaired) electrons. The SMILES string of the molecule is CCC1(CNC(=O)C2CC23CCNCC3)CC1. The van der Waals surface area contributed by atoms with Crippen LogP contribution in [0.5, 0.6) is 0 Å². The standard InChI is InChI=1S/C14H24N2O/c1-2-13(3-4-13)10-16-12(17)11-9-14(11)5-7-15-8-6-14/h11,15H,2-10H2,1H3,(H,16,17). The molecule has 2 aliphatic carbocycles. The zero-order valence-electron chi connectivity index (χ0n) is 10.8. The molecule has 1 heterocycles. The van der Waals surface area contributed by atoms with E-state index in [1.165, 1.54) is 32.1 Å². The van der Waals surface area contributed by atoms with Crippen LogP contribution in [0.15, 0.2) is 0 Å². The summed E-state index contributed by atoms with van der Waals surface area (Å²) in [6.45, 7) is 5.36. The summed E-state index contributed by atoms with van der Waals surface area (Å²) in [6.07, 6.45) is 7.37. The van der Waals surface area contributed by atoms with Crippen molar-refractivity contribution in [1.82, 2.24) is 10.6 Å². The third kappa shape index (κ3) is 2.10. The van der Waals surface area contributed by atoms with Crippen molar-refractivity contribution < 1.29 is 4.79 Å². The molecule has 0 aromatic carbocycles. The van der Waals surface area contributed by atoms with E-state index in [0.29, 0.717) is 22.7 Å².